The molecule has 0 aliphatic carbocycles. The Morgan fingerprint density at radius 3 is 2.44 bits per heavy atom. The van der Waals surface area contributed by atoms with E-state index in [9.17, 15) is 0 Å². The first kappa shape index (κ1) is 17.2. The van der Waals surface area contributed by atoms with Gasteiger partial charge in [0.2, 0.25) is 0 Å². The van der Waals surface area contributed by atoms with Gasteiger partial charge < -0.3 is 15.0 Å². The van der Waals surface area contributed by atoms with Crippen molar-refractivity contribution in [3.8, 4) is 5.75 Å². The number of nitrogens with zero attached hydrogens (tertiary/aromatic N) is 2. The average molecular weight is 357 g/mol. The number of hydrogen-bond donors (Lipinski definition) is 1. The first-order valence-corrected chi connectivity index (χ1v) is 9.15. The molecule has 1 saturated heterocycles. The molecule has 4 rings (SSSR count). The van der Waals surface area contributed by atoms with Crippen LogP contribution in [0.15, 0.2) is 89.9 Å². The van der Waals surface area contributed by atoms with Gasteiger partial charge in [-0.05, 0) is 35.4 Å². The molecule has 0 bridgehead atoms. The van der Waals surface area contributed by atoms with Gasteiger partial charge in [-0.15, -0.1) is 0 Å². The fraction of sp³-hybridized carbons (Fsp3) is 0.174. The van der Waals surface area contributed by atoms with Crippen LogP contribution in [0.5, 0.6) is 5.75 Å². The van der Waals surface area contributed by atoms with E-state index in [2.05, 4.69) is 64.8 Å². The Morgan fingerprint density at radius 1 is 0.963 bits per heavy atom. The van der Waals surface area contributed by atoms with Crippen LogP contribution in [0.3, 0.4) is 0 Å². The summed E-state index contributed by atoms with van der Waals surface area (Å²) in [6.45, 7) is 1.45. The van der Waals surface area contributed by atoms with Gasteiger partial charge in [0.15, 0.2) is 5.96 Å². The highest BCUT2D eigenvalue weighted by molar-refractivity contribution is 5.98. The van der Waals surface area contributed by atoms with E-state index >= 15 is 0 Å². The second-order valence-electron chi connectivity index (χ2n) is 6.55. The van der Waals surface area contributed by atoms with Gasteiger partial charge in [-0.2, -0.15) is 0 Å². The van der Waals surface area contributed by atoms with Gasteiger partial charge in [-0.3, -0.25) is 0 Å². The van der Waals surface area contributed by atoms with E-state index in [1.807, 2.05) is 30.3 Å². The largest absolute Gasteiger partial charge is 0.497 e. The van der Waals surface area contributed by atoms with Crippen molar-refractivity contribution in [3.05, 3.63) is 96.1 Å². The Hall–Kier alpha value is -3.27. The molecule has 1 aliphatic rings. The van der Waals surface area contributed by atoms with Gasteiger partial charge in [0.05, 0.1) is 26.2 Å². The van der Waals surface area contributed by atoms with Crippen molar-refractivity contribution in [2.45, 2.75) is 12.6 Å². The first-order valence-electron chi connectivity index (χ1n) is 9.15. The highest BCUT2D eigenvalue weighted by Crippen LogP contribution is 2.25. The molecule has 0 aromatic heterocycles. The number of anilines is 1. The third-order valence-corrected chi connectivity index (χ3v) is 4.74. The molecule has 4 nitrogen and oxygen atoms in total. The molecule has 0 unspecified atom stereocenters. The van der Waals surface area contributed by atoms with Gasteiger partial charge in [0.1, 0.15) is 5.75 Å². The molecule has 0 spiro atoms. The van der Waals surface area contributed by atoms with Crippen LogP contribution in [0.25, 0.3) is 0 Å². The molecule has 1 atom stereocenters. The molecule has 4 heteroatoms. The summed E-state index contributed by atoms with van der Waals surface area (Å²) >= 11 is 0. The smallest absolute Gasteiger partial charge is 0.199 e. The molecule has 1 aliphatic heterocycles. The van der Waals surface area contributed by atoms with Crippen LogP contribution in [-0.4, -0.2) is 19.6 Å². The summed E-state index contributed by atoms with van der Waals surface area (Å²) in [7, 11) is 1.69. The van der Waals surface area contributed by atoms with Crippen LogP contribution in [0.4, 0.5) is 5.69 Å². The Bertz CT molecular complexity index is 909. The second-order valence-corrected chi connectivity index (χ2v) is 6.55. The van der Waals surface area contributed by atoms with Crippen molar-refractivity contribution in [3.63, 3.8) is 0 Å². The molecule has 136 valence electrons. The zero-order valence-electron chi connectivity index (χ0n) is 15.4. The summed E-state index contributed by atoms with van der Waals surface area (Å²) in [6.07, 6.45) is 0. The Morgan fingerprint density at radius 2 is 1.70 bits per heavy atom. The Balaban J connectivity index is 1.61. The third-order valence-electron chi connectivity index (χ3n) is 4.74. The van der Waals surface area contributed by atoms with E-state index in [4.69, 9.17) is 9.73 Å². The minimum absolute atomic E-state index is 0.218. The summed E-state index contributed by atoms with van der Waals surface area (Å²) in [4.78, 5) is 7.13. The van der Waals surface area contributed by atoms with Crippen LogP contribution < -0.4 is 15.0 Å². The van der Waals surface area contributed by atoms with Crippen molar-refractivity contribution in [2.75, 3.05) is 18.6 Å². The molecule has 3 aromatic rings. The van der Waals surface area contributed by atoms with E-state index in [-0.39, 0.29) is 6.04 Å². The van der Waals surface area contributed by atoms with Crippen molar-refractivity contribution < 1.29 is 4.74 Å². The number of benzene rings is 3. The van der Waals surface area contributed by atoms with E-state index in [1.165, 1.54) is 5.56 Å². The number of ether oxygens (including phenoxy) is 1. The molecule has 1 heterocycles. The first-order chi connectivity index (χ1) is 13.3. The quantitative estimate of drug-likeness (QED) is 0.735. The predicted octanol–water partition coefficient (Wildman–Crippen LogP) is 4.40. The number of guanidine groups is 1. The molecule has 1 N–H and O–H groups in total. The summed E-state index contributed by atoms with van der Waals surface area (Å²) in [5.74, 6) is 1.76. The number of methoxy groups -OCH3 is 1. The lowest BCUT2D eigenvalue weighted by molar-refractivity contribution is 0.414. The molecule has 0 amide bonds. The summed E-state index contributed by atoms with van der Waals surface area (Å²) in [6, 6.07) is 29.2. The van der Waals surface area contributed by atoms with E-state index in [1.54, 1.807) is 7.11 Å². The second kappa shape index (κ2) is 7.96. The highest BCUT2D eigenvalue weighted by atomic mass is 16.5. The van der Waals surface area contributed by atoms with E-state index < -0.39 is 0 Å². The molecule has 3 aromatic carbocycles. The normalized spacial score (nSPS) is 17.7. The lowest BCUT2D eigenvalue weighted by atomic mass is 10.1. The van der Waals surface area contributed by atoms with Crippen molar-refractivity contribution in [1.29, 1.82) is 0 Å². The zero-order chi connectivity index (χ0) is 18.5. The predicted molar refractivity (Wildman–Crippen MR) is 110 cm³/mol. The highest BCUT2D eigenvalue weighted by Gasteiger charge is 2.28. The molecule has 1 fully saturated rings. The monoisotopic (exact) mass is 357 g/mol. The number of aliphatic imine (C=N–C) groups is 1. The number of rotatable bonds is 5. The number of hydrogen-bond acceptors (Lipinski definition) is 2. The topological polar surface area (TPSA) is 36.9 Å². The van der Waals surface area contributed by atoms with Crippen LogP contribution in [0.2, 0.25) is 0 Å². The molecular weight excluding hydrogens is 334 g/mol. The van der Waals surface area contributed by atoms with Gasteiger partial charge >= 0.3 is 0 Å². The van der Waals surface area contributed by atoms with Crippen molar-refractivity contribution in [1.82, 2.24) is 5.32 Å². The minimum atomic E-state index is 0.218. The maximum Gasteiger partial charge on any atom is 0.199 e. The number of nitrogens with one attached hydrogen (secondary N) is 1. The molecular formula is C23H23N3O. The Labute approximate surface area is 160 Å². The SMILES string of the molecule is COc1cccc(CN=C2N[C@H](c3ccccc3)CN2c2ccccc2)c1. The third kappa shape index (κ3) is 3.95. The fourth-order valence-corrected chi connectivity index (χ4v) is 3.33. The van der Waals surface area contributed by atoms with Crippen LogP contribution in [0, 0.1) is 0 Å². The maximum absolute atomic E-state index is 5.32. The summed E-state index contributed by atoms with van der Waals surface area (Å²) < 4.78 is 5.32. The van der Waals surface area contributed by atoms with E-state index in [0.29, 0.717) is 6.54 Å². The molecule has 0 radical (unpaired) electrons. The lowest BCUT2D eigenvalue weighted by Gasteiger charge is -2.17. The molecule has 0 saturated carbocycles. The molecule has 27 heavy (non-hydrogen) atoms. The van der Waals surface area contributed by atoms with Gasteiger partial charge in [0, 0.05) is 5.69 Å². The van der Waals surface area contributed by atoms with Gasteiger partial charge in [-0.25, -0.2) is 4.99 Å². The zero-order valence-corrected chi connectivity index (χ0v) is 15.4. The van der Waals surface area contributed by atoms with Crippen LogP contribution in [-0.2, 0) is 6.54 Å². The summed E-state index contributed by atoms with van der Waals surface area (Å²) in [5.41, 5.74) is 3.54. The van der Waals surface area contributed by atoms with Crippen molar-refractivity contribution >= 4 is 11.6 Å². The van der Waals surface area contributed by atoms with Crippen LogP contribution >= 0.6 is 0 Å². The minimum Gasteiger partial charge on any atom is -0.497 e. The Kier molecular flexibility index (Phi) is 5.06. The fourth-order valence-electron chi connectivity index (χ4n) is 3.33. The number of para-hydroxylation sites is 1. The van der Waals surface area contributed by atoms with Crippen LogP contribution in [0.1, 0.15) is 17.2 Å². The van der Waals surface area contributed by atoms with Gasteiger partial charge in [0.25, 0.3) is 0 Å². The van der Waals surface area contributed by atoms with Crippen molar-refractivity contribution in [2.24, 2.45) is 4.99 Å². The van der Waals surface area contributed by atoms with Gasteiger partial charge in [-0.1, -0.05) is 60.7 Å². The maximum atomic E-state index is 5.32. The average Bonchev–Trinajstić information content (AvgIpc) is 3.18. The van der Waals surface area contributed by atoms with E-state index in [0.717, 1.165) is 29.5 Å². The lowest BCUT2D eigenvalue weighted by Crippen LogP contribution is -2.30. The summed E-state index contributed by atoms with van der Waals surface area (Å²) in [5, 5.41) is 3.60. The standard InChI is InChI=1S/C23H23N3O/c1-27-21-14-8-9-18(15-21)16-24-23-25-22(19-10-4-2-5-11-19)17-26(23)20-12-6-3-7-13-20/h2-15,22H,16-17H2,1H3,(H,24,25)/t22-/m0/s1.